The predicted molar refractivity (Wildman–Crippen MR) is 82.8 cm³/mol. The molecule has 0 radical (unpaired) electrons. The summed E-state index contributed by atoms with van der Waals surface area (Å²) in [6, 6.07) is 1.61. The van der Waals surface area contributed by atoms with Crippen molar-refractivity contribution in [1.82, 2.24) is 10.3 Å². The van der Waals surface area contributed by atoms with Gasteiger partial charge in [0.1, 0.15) is 5.69 Å². The number of hydrogen-bond donors (Lipinski definition) is 3. The van der Waals surface area contributed by atoms with Crippen LogP contribution in [-0.4, -0.2) is 24.0 Å². The van der Waals surface area contributed by atoms with Gasteiger partial charge in [-0.2, -0.15) is 0 Å². The molecule has 0 saturated carbocycles. The lowest BCUT2D eigenvalue weighted by molar-refractivity contribution is -0.117. The minimum atomic E-state index is -0.284. The van der Waals surface area contributed by atoms with Crippen molar-refractivity contribution >= 4 is 27.5 Å². The molecule has 1 aromatic heterocycles. The number of anilines is 1. The molecule has 0 bridgehead atoms. The van der Waals surface area contributed by atoms with Crippen LogP contribution in [0, 0.1) is 11.8 Å². The Balaban J connectivity index is 1.91. The van der Waals surface area contributed by atoms with Crippen LogP contribution in [0.3, 0.4) is 0 Å². The van der Waals surface area contributed by atoms with E-state index < -0.39 is 0 Å². The van der Waals surface area contributed by atoms with Gasteiger partial charge in [-0.1, -0.05) is 6.92 Å². The highest BCUT2D eigenvalue weighted by molar-refractivity contribution is 9.10. The second kappa shape index (κ2) is 7.04. The molecule has 2 atom stereocenters. The summed E-state index contributed by atoms with van der Waals surface area (Å²) in [6.45, 7) is 4.15. The first kappa shape index (κ1) is 15.3. The van der Waals surface area contributed by atoms with Gasteiger partial charge in [-0.15, -0.1) is 0 Å². The lowest BCUT2D eigenvalue weighted by Crippen LogP contribution is -2.34. The molecular weight excluding hydrogens is 322 g/mol. The summed E-state index contributed by atoms with van der Waals surface area (Å²) < 4.78 is 0.733. The first-order valence-corrected chi connectivity index (χ1v) is 7.74. The van der Waals surface area contributed by atoms with Crippen LogP contribution in [0.25, 0.3) is 0 Å². The molecular formula is C14H20BrN3O2. The Labute approximate surface area is 126 Å². The molecule has 2 unspecified atom stereocenters. The molecule has 1 aliphatic rings. The van der Waals surface area contributed by atoms with E-state index in [0.29, 0.717) is 23.9 Å². The number of aromatic amines is 1. The van der Waals surface area contributed by atoms with Crippen LogP contribution in [0.15, 0.2) is 21.5 Å². The monoisotopic (exact) mass is 341 g/mol. The topological polar surface area (TPSA) is 74.0 Å². The average molecular weight is 342 g/mol. The quantitative estimate of drug-likeness (QED) is 0.785. The number of H-pyrrole nitrogens is 1. The Bertz CT molecular complexity index is 523. The fourth-order valence-corrected chi connectivity index (χ4v) is 2.92. The normalized spacial score (nSPS) is 20.4. The van der Waals surface area contributed by atoms with Gasteiger partial charge in [-0.05, 0) is 59.8 Å². The van der Waals surface area contributed by atoms with Crippen LogP contribution in [-0.2, 0) is 4.79 Å². The summed E-state index contributed by atoms with van der Waals surface area (Å²) in [7, 11) is 0. The first-order chi connectivity index (χ1) is 9.56. The SMILES string of the molecule is CC(CC(=O)Nc1cc(Br)c[nH]c1=O)C1CCCNC1. The molecule has 1 amide bonds. The summed E-state index contributed by atoms with van der Waals surface area (Å²) in [4.78, 5) is 26.2. The van der Waals surface area contributed by atoms with Crippen molar-refractivity contribution in [3.63, 3.8) is 0 Å². The summed E-state index contributed by atoms with van der Waals surface area (Å²) in [6.07, 6.45) is 4.33. The molecule has 0 spiro atoms. The third-order valence-electron chi connectivity index (χ3n) is 3.79. The minimum Gasteiger partial charge on any atom is -0.326 e. The fraction of sp³-hybridized carbons (Fsp3) is 0.571. The molecule has 2 heterocycles. The van der Waals surface area contributed by atoms with Gasteiger partial charge in [0.05, 0.1) is 0 Å². The number of hydrogen-bond acceptors (Lipinski definition) is 3. The van der Waals surface area contributed by atoms with E-state index >= 15 is 0 Å². The van der Waals surface area contributed by atoms with Crippen molar-refractivity contribution in [2.75, 3.05) is 18.4 Å². The highest BCUT2D eigenvalue weighted by Gasteiger charge is 2.22. The average Bonchev–Trinajstić information content (AvgIpc) is 2.43. The van der Waals surface area contributed by atoms with Gasteiger partial charge in [0.2, 0.25) is 5.91 Å². The molecule has 110 valence electrons. The standard InChI is InChI=1S/C14H20BrN3O2/c1-9(10-3-2-4-16-7-10)5-13(19)18-12-6-11(15)8-17-14(12)20/h6,8-10,16H,2-5,7H2,1H3,(H,17,20)(H,18,19). The van der Waals surface area contributed by atoms with Gasteiger partial charge in [0.25, 0.3) is 5.56 Å². The second-order valence-corrected chi connectivity index (χ2v) is 6.31. The van der Waals surface area contributed by atoms with Crippen LogP contribution in [0.1, 0.15) is 26.2 Å². The molecule has 1 saturated heterocycles. The van der Waals surface area contributed by atoms with Crippen LogP contribution in [0.4, 0.5) is 5.69 Å². The van der Waals surface area contributed by atoms with Gasteiger partial charge in [-0.25, -0.2) is 0 Å². The first-order valence-electron chi connectivity index (χ1n) is 6.95. The third kappa shape index (κ3) is 4.18. The Morgan fingerprint density at radius 1 is 1.60 bits per heavy atom. The lowest BCUT2D eigenvalue weighted by Gasteiger charge is -2.27. The highest BCUT2D eigenvalue weighted by atomic mass is 79.9. The van der Waals surface area contributed by atoms with Crippen molar-refractivity contribution in [1.29, 1.82) is 0 Å². The van der Waals surface area contributed by atoms with E-state index in [-0.39, 0.29) is 11.5 Å². The molecule has 1 fully saturated rings. The third-order valence-corrected chi connectivity index (χ3v) is 4.25. The number of carbonyl (C=O) groups excluding carboxylic acids is 1. The Morgan fingerprint density at radius 3 is 3.10 bits per heavy atom. The molecule has 0 aliphatic carbocycles. The summed E-state index contributed by atoms with van der Waals surface area (Å²) >= 11 is 3.27. The zero-order valence-corrected chi connectivity index (χ0v) is 13.1. The predicted octanol–water partition coefficient (Wildman–Crippen LogP) is 2.10. The highest BCUT2D eigenvalue weighted by Crippen LogP contribution is 2.22. The van der Waals surface area contributed by atoms with Crippen molar-refractivity contribution in [2.45, 2.75) is 26.2 Å². The van der Waals surface area contributed by atoms with E-state index in [0.717, 1.165) is 17.6 Å². The van der Waals surface area contributed by atoms with Crippen molar-refractivity contribution in [3.8, 4) is 0 Å². The number of pyridine rings is 1. The van der Waals surface area contributed by atoms with Gasteiger partial charge in [0, 0.05) is 17.1 Å². The Hall–Kier alpha value is -1.14. The van der Waals surface area contributed by atoms with Crippen LogP contribution in [0.5, 0.6) is 0 Å². The van der Waals surface area contributed by atoms with Crippen LogP contribution < -0.4 is 16.2 Å². The largest absolute Gasteiger partial charge is 0.326 e. The van der Waals surface area contributed by atoms with Crippen molar-refractivity contribution in [2.24, 2.45) is 11.8 Å². The van der Waals surface area contributed by atoms with E-state index in [1.807, 2.05) is 0 Å². The van der Waals surface area contributed by atoms with Gasteiger partial charge < -0.3 is 15.6 Å². The number of nitrogens with one attached hydrogen (secondary N) is 3. The fourth-order valence-electron chi connectivity index (χ4n) is 2.58. The molecule has 20 heavy (non-hydrogen) atoms. The van der Waals surface area contributed by atoms with Gasteiger partial charge in [-0.3, -0.25) is 9.59 Å². The van der Waals surface area contributed by atoms with E-state index in [9.17, 15) is 9.59 Å². The maximum Gasteiger partial charge on any atom is 0.271 e. The molecule has 2 rings (SSSR count). The van der Waals surface area contributed by atoms with Crippen molar-refractivity contribution in [3.05, 3.63) is 27.1 Å². The van der Waals surface area contributed by atoms with Gasteiger partial charge >= 0.3 is 0 Å². The number of aromatic nitrogens is 1. The molecule has 1 aromatic rings. The Kier molecular flexibility index (Phi) is 5.37. The van der Waals surface area contributed by atoms with Gasteiger partial charge in [0.15, 0.2) is 0 Å². The van der Waals surface area contributed by atoms with E-state index in [2.05, 4.69) is 38.5 Å². The molecule has 6 heteroatoms. The van der Waals surface area contributed by atoms with Crippen LogP contribution >= 0.6 is 15.9 Å². The minimum absolute atomic E-state index is 0.105. The number of carbonyl (C=O) groups is 1. The smallest absolute Gasteiger partial charge is 0.271 e. The summed E-state index contributed by atoms with van der Waals surface area (Å²) in [5.41, 5.74) is 0.00637. The Morgan fingerprint density at radius 2 is 2.40 bits per heavy atom. The van der Waals surface area contributed by atoms with Crippen LogP contribution in [0.2, 0.25) is 0 Å². The number of piperidine rings is 1. The lowest BCUT2D eigenvalue weighted by atomic mass is 9.85. The molecule has 5 nitrogen and oxygen atoms in total. The summed E-state index contributed by atoms with van der Waals surface area (Å²) in [5.74, 6) is 0.746. The number of amides is 1. The summed E-state index contributed by atoms with van der Waals surface area (Å²) in [5, 5.41) is 6.05. The van der Waals surface area contributed by atoms with E-state index in [4.69, 9.17) is 0 Å². The molecule has 1 aliphatic heterocycles. The number of rotatable bonds is 4. The number of halogens is 1. The zero-order valence-electron chi connectivity index (χ0n) is 11.5. The van der Waals surface area contributed by atoms with E-state index in [1.54, 1.807) is 12.3 Å². The second-order valence-electron chi connectivity index (χ2n) is 5.40. The zero-order chi connectivity index (χ0) is 14.5. The van der Waals surface area contributed by atoms with E-state index in [1.165, 1.54) is 12.8 Å². The maximum absolute atomic E-state index is 12.0. The molecule has 3 N–H and O–H groups in total. The maximum atomic E-state index is 12.0. The van der Waals surface area contributed by atoms with Crippen molar-refractivity contribution < 1.29 is 4.79 Å². The molecule has 0 aromatic carbocycles.